The first-order valence-electron chi connectivity index (χ1n) is 7.53. The molecule has 2 aromatic carbocycles. The van der Waals surface area contributed by atoms with Gasteiger partial charge in [-0.1, -0.05) is 36.4 Å². The van der Waals surface area contributed by atoms with Gasteiger partial charge in [-0.3, -0.25) is 9.55 Å². The Morgan fingerprint density at radius 1 is 0.760 bits per heavy atom. The molecule has 0 unspecified atom stereocenters. The third-order valence-electron chi connectivity index (χ3n) is 3.71. The van der Waals surface area contributed by atoms with E-state index in [-0.39, 0.29) is 24.8 Å². The van der Waals surface area contributed by atoms with Crippen molar-refractivity contribution in [2.24, 2.45) is 0 Å². The van der Waals surface area contributed by atoms with Gasteiger partial charge >= 0.3 is 0 Å². The summed E-state index contributed by atoms with van der Waals surface area (Å²) in [6.45, 7) is 0. The predicted octanol–water partition coefficient (Wildman–Crippen LogP) is 5.43. The van der Waals surface area contributed by atoms with Gasteiger partial charge in [-0.25, -0.2) is 4.98 Å². The second-order valence-electron chi connectivity index (χ2n) is 5.25. The summed E-state index contributed by atoms with van der Waals surface area (Å²) < 4.78 is 2.17. The molecule has 0 radical (unpaired) electrons. The van der Waals surface area contributed by atoms with Gasteiger partial charge in [0, 0.05) is 18.1 Å². The Hall–Kier alpha value is -2.62. The van der Waals surface area contributed by atoms with E-state index in [4.69, 9.17) is 4.98 Å². The average Bonchev–Trinajstić information content (AvgIpc) is 3.00. The smallest absolute Gasteiger partial charge is 0.138 e. The fourth-order valence-electron chi connectivity index (χ4n) is 2.65. The second kappa shape index (κ2) is 8.47. The lowest BCUT2D eigenvalue weighted by Crippen LogP contribution is -1.96. The SMILES string of the molecule is C(=Cc1nc2ccccc2n1-c1ccccc1)c1cccnc1.Cl.Cl. The van der Waals surface area contributed by atoms with Crippen LogP contribution in [0.4, 0.5) is 0 Å². The van der Waals surface area contributed by atoms with Crippen LogP contribution in [0, 0.1) is 0 Å². The summed E-state index contributed by atoms with van der Waals surface area (Å²) in [5.41, 5.74) is 4.25. The lowest BCUT2D eigenvalue weighted by Gasteiger charge is -2.06. The van der Waals surface area contributed by atoms with E-state index in [1.807, 2.05) is 66.9 Å². The van der Waals surface area contributed by atoms with Gasteiger partial charge in [0.1, 0.15) is 5.82 Å². The van der Waals surface area contributed by atoms with Crippen LogP contribution < -0.4 is 0 Å². The number of benzene rings is 2. The minimum atomic E-state index is 0. The molecule has 0 aliphatic carbocycles. The van der Waals surface area contributed by atoms with Crippen molar-refractivity contribution in [3.05, 3.63) is 90.5 Å². The first-order chi connectivity index (χ1) is 11.4. The summed E-state index contributed by atoms with van der Waals surface area (Å²) in [4.78, 5) is 8.90. The van der Waals surface area contributed by atoms with Crippen LogP contribution in [0.15, 0.2) is 79.1 Å². The maximum absolute atomic E-state index is 4.76. The maximum atomic E-state index is 4.76. The molecule has 0 saturated carbocycles. The molecule has 25 heavy (non-hydrogen) atoms. The first-order valence-corrected chi connectivity index (χ1v) is 7.53. The third-order valence-corrected chi connectivity index (χ3v) is 3.71. The minimum Gasteiger partial charge on any atom is -0.293 e. The molecule has 0 N–H and O–H groups in total. The number of rotatable bonds is 3. The molecule has 4 rings (SSSR count). The molecule has 3 nitrogen and oxygen atoms in total. The summed E-state index contributed by atoms with van der Waals surface area (Å²) in [6.07, 6.45) is 7.68. The van der Waals surface area contributed by atoms with E-state index in [0.29, 0.717) is 0 Å². The van der Waals surface area contributed by atoms with Crippen molar-refractivity contribution >= 4 is 48.0 Å². The van der Waals surface area contributed by atoms with E-state index in [1.54, 1.807) is 6.20 Å². The Morgan fingerprint density at radius 2 is 1.52 bits per heavy atom. The Morgan fingerprint density at radius 3 is 2.28 bits per heavy atom. The van der Waals surface area contributed by atoms with Crippen molar-refractivity contribution in [2.45, 2.75) is 0 Å². The number of nitrogens with zero attached hydrogens (tertiary/aromatic N) is 3. The predicted molar refractivity (Wildman–Crippen MR) is 109 cm³/mol. The number of fused-ring (bicyclic) bond motifs is 1. The molecule has 5 heteroatoms. The van der Waals surface area contributed by atoms with Crippen molar-refractivity contribution < 1.29 is 0 Å². The summed E-state index contributed by atoms with van der Waals surface area (Å²) in [5, 5.41) is 0. The quantitative estimate of drug-likeness (QED) is 0.481. The van der Waals surface area contributed by atoms with Gasteiger partial charge in [0.25, 0.3) is 0 Å². The van der Waals surface area contributed by atoms with E-state index in [9.17, 15) is 0 Å². The number of pyridine rings is 1. The summed E-state index contributed by atoms with van der Waals surface area (Å²) in [5.74, 6) is 0.904. The third kappa shape index (κ3) is 3.90. The Bertz CT molecular complexity index is 964. The van der Waals surface area contributed by atoms with E-state index in [0.717, 1.165) is 28.1 Å². The van der Waals surface area contributed by atoms with Crippen LogP contribution in [0.5, 0.6) is 0 Å². The Balaban J connectivity index is 0.00000113. The lowest BCUT2D eigenvalue weighted by atomic mass is 10.2. The summed E-state index contributed by atoms with van der Waals surface area (Å²) in [6, 6.07) is 22.4. The highest BCUT2D eigenvalue weighted by Crippen LogP contribution is 2.22. The average molecular weight is 370 g/mol. The van der Waals surface area contributed by atoms with Crippen LogP contribution in [0.3, 0.4) is 0 Å². The van der Waals surface area contributed by atoms with Crippen LogP contribution in [0.25, 0.3) is 28.9 Å². The number of aromatic nitrogens is 3. The molecule has 0 bridgehead atoms. The molecule has 0 aliphatic rings. The molecular formula is C20H17Cl2N3. The molecular weight excluding hydrogens is 353 g/mol. The normalized spacial score (nSPS) is 10.4. The van der Waals surface area contributed by atoms with Gasteiger partial charge in [-0.2, -0.15) is 0 Å². The standard InChI is InChI=1S/C20H15N3.2ClH/c1-2-8-17(9-3-1)23-19-11-5-4-10-18(19)22-20(23)13-12-16-7-6-14-21-15-16;;/h1-15H;2*1H. The van der Waals surface area contributed by atoms with Gasteiger partial charge < -0.3 is 0 Å². The molecule has 2 aromatic heterocycles. The molecule has 0 fully saturated rings. The second-order valence-corrected chi connectivity index (χ2v) is 5.25. The fraction of sp³-hybridized carbons (Fsp3) is 0. The van der Waals surface area contributed by atoms with Crippen LogP contribution in [0.1, 0.15) is 11.4 Å². The van der Waals surface area contributed by atoms with E-state index in [1.165, 1.54) is 0 Å². The number of halogens is 2. The monoisotopic (exact) mass is 369 g/mol. The first kappa shape index (κ1) is 18.7. The number of imidazole rings is 1. The van der Waals surface area contributed by atoms with Crippen molar-refractivity contribution in [1.29, 1.82) is 0 Å². The maximum Gasteiger partial charge on any atom is 0.138 e. The van der Waals surface area contributed by atoms with Gasteiger partial charge in [0.2, 0.25) is 0 Å². The van der Waals surface area contributed by atoms with Crippen molar-refractivity contribution in [3.63, 3.8) is 0 Å². The largest absolute Gasteiger partial charge is 0.293 e. The number of hydrogen-bond donors (Lipinski definition) is 0. The van der Waals surface area contributed by atoms with Crippen molar-refractivity contribution in [3.8, 4) is 5.69 Å². The Labute approximate surface area is 158 Å². The van der Waals surface area contributed by atoms with E-state index < -0.39 is 0 Å². The van der Waals surface area contributed by atoms with Crippen molar-refractivity contribution in [2.75, 3.05) is 0 Å². The highest BCUT2D eigenvalue weighted by Gasteiger charge is 2.09. The van der Waals surface area contributed by atoms with Gasteiger partial charge in [0.05, 0.1) is 11.0 Å². The van der Waals surface area contributed by atoms with Gasteiger partial charge in [-0.15, -0.1) is 24.8 Å². The molecule has 0 amide bonds. The van der Waals surface area contributed by atoms with Gasteiger partial charge in [0.15, 0.2) is 0 Å². The molecule has 2 heterocycles. The lowest BCUT2D eigenvalue weighted by molar-refractivity contribution is 1.07. The van der Waals surface area contributed by atoms with Crippen LogP contribution >= 0.6 is 24.8 Å². The Kier molecular flexibility index (Phi) is 6.34. The molecule has 4 aromatic rings. The topological polar surface area (TPSA) is 30.7 Å². The minimum absolute atomic E-state index is 0. The molecule has 0 aliphatic heterocycles. The van der Waals surface area contributed by atoms with E-state index >= 15 is 0 Å². The van der Waals surface area contributed by atoms with Crippen molar-refractivity contribution in [1.82, 2.24) is 14.5 Å². The van der Waals surface area contributed by atoms with Gasteiger partial charge in [-0.05, 0) is 48.0 Å². The molecule has 0 atom stereocenters. The summed E-state index contributed by atoms with van der Waals surface area (Å²) in [7, 11) is 0. The zero-order chi connectivity index (χ0) is 15.5. The zero-order valence-corrected chi connectivity index (χ0v) is 15.0. The number of para-hydroxylation sites is 3. The number of hydrogen-bond acceptors (Lipinski definition) is 2. The van der Waals surface area contributed by atoms with Crippen LogP contribution in [-0.4, -0.2) is 14.5 Å². The summed E-state index contributed by atoms with van der Waals surface area (Å²) >= 11 is 0. The van der Waals surface area contributed by atoms with E-state index in [2.05, 4.69) is 27.8 Å². The molecule has 0 spiro atoms. The van der Waals surface area contributed by atoms with Crippen LogP contribution in [-0.2, 0) is 0 Å². The highest BCUT2D eigenvalue weighted by molar-refractivity contribution is 5.85. The molecule has 126 valence electrons. The zero-order valence-electron chi connectivity index (χ0n) is 13.3. The molecule has 0 saturated heterocycles. The van der Waals surface area contributed by atoms with Crippen LogP contribution in [0.2, 0.25) is 0 Å². The fourth-order valence-corrected chi connectivity index (χ4v) is 2.65. The highest BCUT2D eigenvalue weighted by atomic mass is 35.5.